The summed E-state index contributed by atoms with van der Waals surface area (Å²) in [6, 6.07) is 6.96. The van der Waals surface area contributed by atoms with Crippen LogP contribution in [0.2, 0.25) is 0 Å². The van der Waals surface area contributed by atoms with E-state index in [1.165, 1.54) is 42.4 Å². The SMILES string of the molecule is CCCc1cc(C)cc(CCCCN)c1. The summed E-state index contributed by atoms with van der Waals surface area (Å²) in [7, 11) is 0. The van der Waals surface area contributed by atoms with Gasteiger partial charge in [-0.2, -0.15) is 0 Å². The first-order chi connectivity index (χ1) is 7.26. The van der Waals surface area contributed by atoms with Gasteiger partial charge in [0.15, 0.2) is 0 Å². The smallest absolute Gasteiger partial charge is 0.00772 e. The predicted octanol–water partition coefficient (Wildman–Crippen LogP) is 3.23. The highest BCUT2D eigenvalue weighted by Gasteiger charge is 1.98. The normalized spacial score (nSPS) is 10.6. The second kappa shape index (κ2) is 6.62. The van der Waals surface area contributed by atoms with Gasteiger partial charge < -0.3 is 5.73 Å². The molecule has 0 aromatic heterocycles. The van der Waals surface area contributed by atoms with Crippen LogP contribution in [0.15, 0.2) is 18.2 Å². The number of hydrogen-bond acceptors (Lipinski definition) is 1. The lowest BCUT2D eigenvalue weighted by molar-refractivity contribution is 0.743. The van der Waals surface area contributed by atoms with Gasteiger partial charge in [-0.05, 0) is 50.3 Å². The van der Waals surface area contributed by atoms with Gasteiger partial charge in [-0.15, -0.1) is 0 Å². The van der Waals surface area contributed by atoms with Crippen molar-refractivity contribution in [3.63, 3.8) is 0 Å². The second-order valence-electron chi connectivity index (χ2n) is 4.32. The van der Waals surface area contributed by atoms with Crippen molar-refractivity contribution < 1.29 is 0 Å². The van der Waals surface area contributed by atoms with E-state index >= 15 is 0 Å². The minimum Gasteiger partial charge on any atom is -0.330 e. The van der Waals surface area contributed by atoms with Crippen LogP contribution in [0.3, 0.4) is 0 Å². The van der Waals surface area contributed by atoms with Gasteiger partial charge in [0.05, 0.1) is 0 Å². The Hall–Kier alpha value is -0.820. The molecule has 0 aliphatic heterocycles. The number of unbranched alkanes of at least 4 members (excludes halogenated alkanes) is 1. The first-order valence-electron chi connectivity index (χ1n) is 6.05. The van der Waals surface area contributed by atoms with E-state index in [2.05, 4.69) is 32.0 Å². The monoisotopic (exact) mass is 205 g/mol. The quantitative estimate of drug-likeness (QED) is 0.709. The van der Waals surface area contributed by atoms with Crippen molar-refractivity contribution in [2.45, 2.75) is 46.0 Å². The summed E-state index contributed by atoms with van der Waals surface area (Å²) in [6.45, 7) is 5.23. The fourth-order valence-electron chi connectivity index (χ4n) is 2.00. The third-order valence-corrected chi connectivity index (χ3v) is 2.66. The summed E-state index contributed by atoms with van der Waals surface area (Å²) < 4.78 is 0. The Balaban J connectivity index is 2.62. The largest absolute Gasteiger partial charge is 0.330 e. The number of rotatable bonds is 6. The molecule has 0 spiro atoms. The molecule has 0 saturated carbocycles. The summed E-state index contributed by atoms with van der Waals surface area (Å²) in [5, 5.41) is 0. The van der Waals surface area contributed by atoms with Crippen LogP contribution in [-0.2, 0) is 12.8 Å². The Bertz CT molecular complexity index is 291. The summed E-state index contributed by atoms with van der Waals surface area (Å²) in [5.41, 5.74) is 9.86. The van der Waals surface area contributed by atoms with Crippen LogP contribution in [0.5, 0.6) is 0 Å². The van der Waals surface area contributed by atoms with Gasteiger partial charge >= 0.3 is 0 Å². The molecule has 15 heavy (non-hydrogen) atoms. The number of benzene rings is 1. The number of hydrogen-bond donors (Lipinski definition) is 1. The van der Waals surface area contributed by atoms with E-state index in [4.69, 9.17) is 5.73 Å². The zero-order valence-electron chi connectivity index (χ0n) is 10.1. The molecule has 1 rings (SSSR count). The van der Waals surface area contributed by atoms with Gasteiger partial charge in [-0.1, -0.05) is 37.1 Å². The molecule has 0 heterocycles. The summed E-state index contributed by atoms with van der Waals surface area (Å²) in [6.07, 6.45) is 5.95. The van der Waals surface area contributed by atoms with E-state index in [1.54, 1.807) is 0 Å². The van der Waals surface area contributed by atoms with Crippen molar-refractivity contribution >= 4 is 0 Å². The van der Waals surface area contributed by atoms with Crippen molar-refractivity contribution in [2.75, 3.05) is 6.54 Å². The molecule has 84 valence electrons. The summed E-state index contributed by atoms with van der Waals surface area (Å²) in [4.78, 5) is 0. The Kier molecular flexibility index (Phi) is 5.41. The molecule has 1 nitrogen and oxygen atoms in total. The molecular formula is C14H23N. The average molecular weight is 205 g/mol. The fraction of sp³-hybridized carbons (Fsp3) is 0.571. The highest BCUT2D eigenvalue weighted by atomic mass is 14.5. The molecule has 1 aromatic rings. The van der Waals surface area contributed by atoms with E-state index in [0.717, 1.165) is 13.0 Å². The second-order valence-corrected chi connectivity index (χ2v) is 4.32. The van der Waals surface area contributed by atoms with E-state index < -0.39 is 0 Å². The highest BCUT2D eigenvalue weighted by Crippen LogP contribution is 2.13. The lowest BCUT2D eigenvalue weighted by Crippen LogP contribution is -1.99. The van der Waals surface area contributed by atoms with Crippen LogP contribution in [0.1, 0.15) is 42.9 Å². The van der Waals surface area contributed by atoms with Crippen LogP contribution in [0.4, 0.5) is 0 Å². The van der Waals surface area contributed by atoms with Gasteiger partial charge in [0.25, 0.3) is 0 Å². The Labute approximate surface area is 93.7 Å². The molecule has 0 saturated heterocycles. The van der Waals surface area contributed by atoms with Crippen molar-refractivity contribution in [3.8, 4) is 0 Å². The Morgan fingerprint density at radius 3 is 2.27 bits per heavy atom. The first-order valence-corrected chi connectivity index (χ1v) is 6.05. The lowest BCUT2D eigenvalue weighted by Gasteiger charge is -2.06. The summed E-state index contributed by atoms with van der Waals surface area (Å²) in [5.74, 6) is 0. The topological polar surface area (TPSA) is 26.0 Å². The van der Waals surface area contributed by atoms with Crippen molar-refractivity contribution in [3.05, 3.63) is 34.9 Å². The molecule has 1 aromatic carbocycles. The van der Waals surface area contributed by atoms with E-state index in [0.29, 0.717) is 0 Å². The average Bonchev–Trinajstić information content (AvgIpc) is 2.18. The molecular weight excluding hydrogens is 182 g/mol. The molecule has 1 heteroatoms. The third-order valence-electron chi connectivity index (χ3n) is 2.66. The van der Waals surface area contributed by atoms with Crippen molar-refractivity contribution in [1.29, 1.82) is 0 Å². The maximum Gasteiger partial charge on any atom is -0.00772 e. The van der Waals surface area contributed by atoms with Crippen molar-refractivity contribution in [2.24, 2.45) is 5.73 Å². The van der Waals surface area contributed by atoms with Gasteiger partial charge in [0.1, 0.15) is 0 Å². The van der Waals surface area contributed by atoms with Crippen LogP contribution >= 0.6 is 0 Å². The molecule has 0 unspecified atom stereocenters. The number of aryl methyl sites for hydroxylation is 3. The van der Waals surface area contributed by atoms with Crippen LogP contribution in [0.25, 0.3) is 0 Å². The molecule has 2 N–H and O–H groups in total. The predicted molar refractivity (Wildman–Crippen MR) is 67.2 cm³/mol. The van der Waals surface area contributed by atoms with Gasteiger partial charge in [-0.25, -0.2) is 0 Å². The standard InChI is InChI=1S/C14H23N/c1-3-6-13-9-12(2)10-14(11-13)7-4-5-8-15/h9-11H,3-8,15H2,1-2H3. The lowest BCUT2D eigenvalue weighted by atomic mass is 10.00. The van der Waals surface area contributed by atoms with E-state index in [-0.39, 0.29) is 0 Å². The molecule has 0 amide bonds. The molecule has 0 atom stereocenters. The van der Waals surface area contributed by atoms with Crippen LogP contribution in [-0.4, -0.2) is 6.54 Å². The molecule has 0 fully saturated rings. The highest BCUT2D eigenvalue weighted by molar-refractivity contribution is 5.29. The molecule has 0 bridgehead atoms. The maximum absolute atomic E-state index is 5.50. The maximum atomic E-state index is 5.50. The van der Waals surface area contributed by atoms with E-state index in [9.17, 15) is 0 Å². The Morgan fingerprint density at radius 1 is 1.00 bits per heavy atom. The zero-order valence-corrected chi connectivity index (χ0v) is 10.1. The molecule has 0 radical (unpaired) electrons. The van der Waals surface area contributed by atoms with Gasteiger partial charge in [-0.3, -0.25) is 0 Å². The first kappa shape index (κ1) is 12.3. The Morgan fingerprint density at radius 2 is 1.67 bits per heavy atom. The van der Waals surface area contributed by atoms with Crippen LogP contribution in [0, 0.1) is 6.92 Å². The minimum absolute atomic E-state index is 0.813. The summed E-state index contributed by atoms with van der Waals surface area (Å²) >= 11 is 0. The molecule has 0 aliphatic rings. The third kappa shape index (κ3) is 4.48. The van der Waals surface area contributed by atoms with Gasteiger partial charge in [0.2, 0.25) is 0 Å². The van der Waals surface area contributed by atoms with Gasteiger partial charge in [0, 0.05) is 0 Å². The molecule has 0 aliphatic carbocycles. The number of nitrogens with two attached hydrogens (primary N) is 1. The zero-order chi connectivity index (χ0) is 11.1. The van der Waals surface area contributed by atoms with Crippen molar-refractivity contribution in [1.82, 2.24) is 0 Å². The van der Waals surface area contributed by atoms with Crippen LogP contribution < -0.4 is 5.73 Å². The minimum atomic E-state index is 0.813. The van der Waals surface area contributed by atoms with E-state index in [1.807, 2.05) is 0 Å². The fourth-order valence-corrected chi connectivity index (χ4v) is 2.00.